The van der Waals surface area contributed by atoms with Crippen molar-refractivity contribution >= 4 is 34.3 Å². The zero-order chi connectivity index (χ0) is 19.0. The van der Waals surface area contributed by atoms with Crippen molar-refractivity contribution in [3.05, 3.63) is 64.7 Å². The first-order valence-corrected chi connectivity index (χ1v) is 10.0. The second-order valence-corrected chi connectivity index (χ2v) is 8.28. The number of thioether (sulfide) groups is 1. The Morgan fingerprint density at radius 3 is 2.93 bits per heavy atom. The van der Waals surface area contributed by atoms with Crippen molar-refractivity contribution in [2.24, 2.45) is 16.8 Å². The van der Waals surface area contributed by atoms with Gasteiger partial charge in [-0.05, 0) is 31.2 Å². The molecule has 2 N–H and O–H groups in total. The summed E-state index contributed by atoms with van der Waals surface area (Å²) in [5.41, 5.74) is 7.74. The lowest BCUT2D eigenvalue weighted by Gasteiger charge is -2.45. The first kappa shape index (κ1) is 18.3. The van der Waals surface area contributed by atoms with Crippen molar-refractivity contribution in [2.75, 3.05) is 13.2 Å². The molecular weight excluding hydrogens is 382 g/mol. The molecule has 2 heterocycles. The Balaban J connectivity index is 1.87. The number of nitrogens with zero attached hydrogens (tertiary/aromatic N) is 2. The van der Waals surface area contributed by atoms with Crippen LogP contribution in [0.25, 0.3) is 0 Å². The normalized spacial score (nSPS) is 23.7. The quantitative estimate of drug-likeness (QED) is 0.849. The fourth-order valence-corrected chi connectivity index (χ4v) is 5.48. The Kier molecular flexibility index (Phi) is 4.88. The summed E-state index contributed by atoms with van der Waals surface area (Å²) < 4.78 is 5.98. The summed E-state index contributed by atoms with van der Waals surface area (Å²) in [5, 5.41) is 7.73. The second kappa shape index (κ2) is 7.19. The molecule has 4 rings (SSSR count). The molecule has 1 spiro atoms. The molecule has 2 aliphatic rings. The van der Waals surface area contributed by atoms with Crippen molar-refractivity contribution in [2.45, 2.75) is 18.2 Å². The molecule has 2 atom stereocenters. The third-order valence-electron chi connectivity index (χ3n) is 4.91. The lowest BCUT2D eigenvalue weighted by Crippen LogP contribution is -2.51. The Labute approximate surface area is 167 Å². The van der Waals surface area contributed by atoms with Crippen LogP contribution in [-0.4, -0.2) is 29.1 Å². The van der Waals surface area contributed by atoms with Crippen LogP contribution in [0, 0.1) is 5.92 Å². The topological polar surface area (TPSA) is 67.9 Å². The van der Waals surface area contributed by atoms with Crippen molar-refractivity contribution in [3.8, 4) is 5.75 Å². The van der Waals surface area contributed by atoms with Crippen LogP contribution in [-0.2, 0) is 9.67 Å². The Morgan fingerprint density at radius 2 is 2.19 bits per heavy atom. The number of rotatable bonds is 3. The molecule has 0 saturated heterocycles. The van der Waals surface area contributed by atoms with Gasteiger partial charge in [0, 0.05) is 29.0 Å². The van der Waals surface area contributed by atoms with Gasteiger partial charge in [0.25, 0.3) is 0 Å². The highest BCUT2D eigenvalue weighted by atomic mass is 35.5. The molecule has 7 heteroatoms. The molecule has 0 unspecified atom stereocenters. The highest BCUT2D eigenvalue weighted by molar-refractivity contribution is 8.15. The predicted molar refractivity (Wildman–Crippen MR) is 109 cm³/mol. The van der Waals surface area contributed by atoms with Crippen LogP contribution in [0.4, 0.5) is 0 Å². The maximum atomic E-state index is 12.6. The van der Waals surface area contributed by atoms with E-state index in [0.29, 0.717) is 18.2 Å². The third-order valence-corrected chi connectivity index (χ3v) is 6.69. The number of benzene rings is 2. The van der Waals surface area contributed by atoms with E-state index in [-0.39, 0.29) is 11.8 Å². The monoisotopic (exact) mass is 401 g/mol. The summed E-state index contributed by atoms with van der Waals surface area (Å²) in [6, 6.07) is 15.4. The molecule has 0 bridgehead atoms. The number of ether oxygens (including phenoxy) is 1. The third kappa shape index (κ3) is 3.02. The highest BCUT2D eigenvalue weighted by Gasteiger charge is 2.56. The van der Waals surface area contributed by atoms with Gasteiger partial charge in [-0.1, -0.05) is 53.7 Å². The number of para-hydroxylation sites is 1. The molecule has 2 aliphatic heterocycles. The van der Waals surface area contributed by atoms with Gasteiger partial charge in [-0.25, -0.2) is 5.01 Å². The van der Waals surface area contributed by atoms with Crippen molar-refractivity contribution in [3.63, 3.8) is 0 Å². The van der Waals surface area contributed by atoms with Gasteiger partial charge in [0.1, 0.15) is 10.8 Å². The van der Waals surface area contributed by atoms with Crippen molar-refractivity contribution in [1.29, 1.82) is 0 Å². The largest absolute Gasteiger partial charge is 0.493 e. The Morgan fingerprint density at radius 1 is 1.37 bits per heavy atom. The van der Waals surface area contributed by atoms with Gasteiger partial charge in [0.05, 0.1) is 6.61 Å². The summed E-state index contributed by atoms with van der Waals surface area (Å²) in [5.74, 6) is 0.692. The zero-order valence-corrected chi connectivity index (χ0v) is 16.5. The summed E-state index contributed by atoms with van der Waals surface area (Å²) in [7, 11) is 0. The van der Waals surface area contributed by atoms with Gasteiger partial charge < -0.3 is 10.5 Å². The second-order valence-electron chi connectivity index (χ2n) is 6.63. The number of nitrogens with two attached hydrogens (primary N) is 1. The van der Waals surface area contributed by atoms with E-state index in [1.165, 1.54) is 0 Å². The van der Waals surface area contributed by atoms with Crippen LogP contribution in [0.1, 0.15) is 24.5 Å². The van der Waals surface area contributed by atoms with Crippen LogP contribution in [0.5, 0.6) is 5.75 Å². The van der Waals surface area contributed by atoms with Gasteiger partial charge in [0.15, 0.2) is 4.87 Å². The summed E-state index contributed by atoms with van der Waals surface area (Å²) >= 11 is 7.76. The molecule has 1 amide bonds. The first-order chi connectivity index (χ1) is 13.1. The first-order valence-electron chi connectivity index (χ1n) is 8.83. The van der Waals surface area contributed by atoms with Crippen molar-refractivity contribution < 1.29 is 9.53 Å². The maximum Gasteiger partial charge on any atom is 0.241 e. The van der Waals surface area contributed by atoms with E-state index in [0.717, 1.165) is 28.3 Å². The van der Waals surface area contributed by atoms with Crippen LogP contribution >= 0.6 is 23.4 Å². The summed E-state index contributed by atoms with van der Waals surface area (Å²) in [6.45, 7) is 2.55. The highest BCUT2D eigenvalue weighted by Crippen LogP contribution is 2.57. The van der Waals surface area contributed by atoms with Crippen LogP contribution in [0.15, 0.2) is 53.6 Å². The fraction of sp³-hybridized carbons (Fsp3) is 0.300. The van der Waals surface area contributed by atoms with E-state index in [2.05, 4.69) is 0 Å². The van der Waals surface area contributed by atoms with E-state index < -0.39 is 4.87 Å². The molecule has 5 nitrogen and oxygen atoms in total. The minimum absolute atomic E-state index is 0.0201. The number of carbonyl (C=O) groups is 1. The van der Waals surface area contributed by atoms with Crippen molar-refractivity contribution in [1.82, 2.24) is 5.01 Å². The molecule has 0 radical (unpaired) electrons. The smallest absolute Gasteiger partial charge is 0.241 e. The zero-order valence-electron chi connectivity index (χ0n) is 14.9. The molecule has 2 aromatic rings. The van der Waals surface area contributed by atoms with Crippen LogP contribution < -0.4 is 10.5 Å². The number of halogens is 1. The molecule has 140 valence electrons. The molecular formula is C20H20ClN3O2S. The average Bonchev–Trinajstić information content (AvgIpc) is 3.06. The number of carbonyl (C=O) groups excluding carboxylic acids is 1. The fourth-order valence-electron chi connectivity index (χ4n) is 3.74. The number of hydrazone groups is 1. The van der Waals surface area contributed by atoms with E-state index in [9.17, 15) is 4.79 Å². The minimum Gasteiger partial charge on any atom is -0.493 e. The van der Waals surface area contributed by atoms with Crippen LogP contribution in [0.2, 0.25) is 5.02 Å². The predicted octanol–water partition coefficient (Wildman–Crippen LogP) is 3.81. The van der Waals surface area contributed by atoms with E-state index in [1.54, 1.807) is 23.7 Å². The molecule has 0 saturated carbocycles. The maximum absolute atomic E-state index is 12.6. The van der Waals surface area contributed by atoms with E-state index in [1.807, 2.05) is 48.5 Å². The van der Waals surface area contributed by atoms with Gasteiger partial charge in [-0.15, -0.1) is 0 Å². The number of hydrogen-bond donors (Lipinski definition) is 1. The summed E-state index contributed by atoms with van der Waals surface area (Å²) in [4.78, 5) is 12.0. The molecule has 0 aliphatic carbocycles. The SMILES string of the molecule is CC(=O)N1N=C(c2cccc(Cl)c2)S[C@]12c1ccccc1OC[C@H]2CCN. The van der Waals surface area contributed by atoms with E-state index in [4.69, 9.17) is 27.2 Å². The molecule has 2 aromatic carbocycles. The standard InChI is InChI=1S/C20H20ClN3O2S/c1-13(25)24-20(27-19(23-24)14-5-4-6-16(21)11-14)15(9-10-22)12-26-18-8-3-2-7-17(18)20/h2-8,11,15H,9-10,12,22H2,1H3/t15-,20-/m1/s1. The Bertz CT molecular complexity index is 920. The lowest BCUT2D eigenvalue weighted by atomic mass is 9.86. The lowest BCUT2D eigenvalue weighted by molar-refractivity contribution is -0.134. The van der Waals surface area contributed by atoms with Gasteiger partial charge in [-0.2, -0.15) is 5.10 Å². The molecule has 0 fully saturated rings. The molecule has 0 aromatic heterocycles. The Hall–Kier alpha value is -2.02. The molecule has 27 heavy (non-hydrogen) atoms. The average molecular weight is 402 g/mol. The number of hydrogen-bond acceptors (Lipinski definition) is 5. The van der Waals surface area contributed by atoms with Crippen LogP contribution in [0.3, 0.4) is 0 Å². The van der Waals surface area contributed by atoms with Gasteiger partial charge in [-0.3, -0.25) is 4.79 Å². The number of fused-ring (bicyclic) bond motifs is 2. The van der Waals surface area contributed by atoms with Gasteiger partial charge >= 0.3 is 0 Å². The van der Waals surface area contributed by atoms with Gasteiger partial charge in [0.2, 0.25) is 5.91 Å². The summed E-state index contributed by atoms with van der Waals surface area (Å²) in [6.07, 6.45) is 0.726. The van der Waals surface area contributed by atoms with E-state index >= 15 is 0 Å². The minimum atomic E-state index is -0.669. The number of amides is 1.